The lowest BCUT2D eigenvalue weighted by Crippen LogP contribution is -2.43. The van der Waals surface area contributed by atoms with Crippen molar-refractivity contribution in [3.63, 3.8) is 0 Å². The Labute approximate surface area is 162 Å². The summed E-state index contributed by atoms with van der Waals surface area (Å²) in [5.74, 6) is -0.521. The summed E-state index contributed by atoms with van der Waals surface area (Å²) in [6.45, 7) is 0.0949. The van der Waals surface area contributed by atoms with Gasteiger partial charge in [-0.25, -0.2) is 4.79 Å². The highest BCUT2D eigenvalue weighted by Crippen LogP contribution is 2.17. The summed E-state index contributed by atoms with van der Waals surface area (Å²) in [6.07, 6.45) is 0.314. The van der Waals surface area contributed by atoms with Crippen LogP contribution in [0.3, 0.4) is 0 Å². The van der Waals surface area contributed by atoms with Crippen molar-refractivity contribution < 1.29 is 19.1 Å². The SMILES string of the molecule is [N-]=[N+]=CC(=O)[C@H](Cc1ccc2ccccc2c1)NC(=O)OCc1ccccc1. The van der Waals surface area contributed by atoms with Gasteiger partial charge in [0.1, 0.15) is 12.6 Å². The van der Waals surface area contributed by atoms with Crippen LogP contribution >= 0.6 is 0 Å². The Bertz CT molecular complexity index is 1030. The van der Waals surface area contributed by atoms with Crippen molar-refractivity contribution in [2.45, 2.75) is 19.1 Å². The molecule has 0 radical (unpaired) electrons. The zero-order valence-electron chi connectivity index (χ0n) is 15.1. The van der Waals surface area contributed by atoms with Gasteiger partial charge in [0.25, 0.3) is 5.78 Å². The summed E-state index contributed by atoms with van der Waals surface area (Å²) >= 11 is 0. The van der Waals surface area contributed by atoms with E-state index >= 15 is 0 Å². The third-order valence-corrected chi connectivity index (χ3v) is 4.29. The zero-order chi connectivity index (χ0) is 19.8. The lowest BCUT2D eigenvalue weighted by atomic mass is 10.00. The van der Waals surface area contributed by atoms with Gasteiger partial charge in [0, 0.05) is 6.42 Å². The molecule has 1 atom stereocenters. The van der Waals surface area contributed by atoms with E-state index in [0.717, 1.165) is 28.1 Å². The van der Waals surface area contributed by atoms with Crippen LogP contribution in [0.25, 0.3) is 16.3 Å². The molecular formula is C22H19N3O3. The number of hydrogen-bond acceptors (Lipinski definition) is 3. The van der Waals surface area contributed by atoms with Crippen LogP contribution < -0.4 is 5.32 Å². The molecule has 3 rings (SSSR count). The first-order valence-corrected chi connectivity index (χ1v) is 8.82. The number of Topliss-reactive ketones (excluding diaryl/α,β-unsaturated/α-hetero) is 1. The minimum absolute atomic E-state index is 0.0949. The quantitative estimate of drug-likeness (QED) is 0.390. The van der Waals surface area contributed by atoms with Crippen LogP contribution in [0.4, 0.5) is 4.79 Å². The van der Waals surface area contributed by atoms with E-state index in [1.807, 2.05) is 72.8 Å². The van der Waals surface area contributed by atoms with Gasteiger partial charge < -0.3 is 15.6 Å². The number of alkyl carbamates (subject to hydrolysis) is 1. The molecule has 0 aromatic heterocycles. The monoisotopic (exact) mass is 373 g/mol. The van der Waals surface area contributed by atoms with Gasteiger partial charge in [-0.05, 0) is 21.9 Å². The van der Waals surface area contributed by atoms with E-state index in [9.17, 15) is 9.59 Å². The fourth-order valence-corrected chi connectivity index (χ4v) is 2.88. The smallest absolute Gasteiger partial charge is 0.408 e. The molecule has 1 N–H and O–H groups in total. The van der Waals surface area contributed by atoms with Gasteiger partial charge >= 0.3 is 12.3 Å². The number of nitrogens with zero attached hydrogens (tertiary/aromatic N) is 2. The number of nitrogens with one attached hydrogen (secondary N) is 1. The Morgan fingerprint density at radius 1 is 0.964 bits per heavy atom. The molecule has 3 aromatic rings. The predicted molar refractivity (Wildman–Crippen MR) is 106 cm³/mol. The number of fused-ring (bicyclic) bond motifs is 1. The van der Waals surface area contributed by atoms with Crippen molar-refractivity contribution >= 4 is 28.9 Å². The highest BCUT2D eigenvalue weighted by atomic mass is 16.5. The van der Waals surface area contributed by atoms with Gasteiger partial charge in [0.15, 0.2) is 0 Å². The molecule has 6 heteroatoms. The van der Waals surface area contributed by atoms with Gasteiger partial charge in [0.05, 0.1) is 0 Å². The molecule has 0 bridgehead atoms. The van der Waals surface area contributed by atoms with Crippen LogP contribution in [0.1, 0.15) is 11.1 Å². The van der Waals surface area contributed by atoms with Crippen molar-refractivity contribution in [1.82, 2.24) is 5.32 Å². The van der Waals surface area contributed by atoms with Gasteiger partial charge in [-0.1, -0.05) is 72.8 Å². The van der Waals surface area contributed by atoms with Crippen molar-refractivity contribution in [3.05, 3.63) is 89.5 Å². The standard InChI is InChI=1S/C22H19N3O3/c23-24-14-21(26)20(25-22(27)28-15-16-6-2-1-3-7-16)13-17-10-11-18-8-4-5-9-19(18)12-17/h1-12,14,20H,13,15H2,(H,25,27)/t20-/m0/s1. The second-order valence-electron chi connectivity index (χ2n) is 6.29. The minimum Gasteiger partial charge on any atom is -0.445 e. The maximum absolute atomic E-state index is 12.2. The number of benzene rings is 3. The molecule has 0 saturated heterocycles. The Morgan fingerprint density at radius 3 is 2.43 bits per heavy atom. The van der Waals surface area contributed by atoms with E-state index < -0.39 is 17.9 Å². The molecule has 0 aliphatic carbocycles. The molecule has 0 fully saturated rings. The largest absolute Gasteiger partial charge is 0.445 e. The summed E-state index contributed by atoms with van der Waals surface area (Å²) in [5, 5.41) is 4.68. The third-order valence-electron chi connectivity index (χ3n) is 4.29. The van der Waals surface area contributed by atoms with Crippen molar-refractivity contribution in [3.8, 4) is 0 Å². The van der Waals surface area contributed by atoms with Crippen molar-refractivity contribution in [2.75, 3.05) is 0 Å². The topological polar surface area (TPSA) is 91.8 Å². The second kappa shape index (κ2) is 9.26. The Balaban J connectivity index is 1.70. The van der Waals surface area contributed by atoms with Gasteiger partial charge in [-0.2, -0.15) is 4.79 Å². The Morgan fingerprint density at radius 2 is 1.68 bits per heavy atom. The van der Waals surface area contributed by atoms with Crippen LogP contribution in [0.15, 0.2) is 72.8 Å². The van der Waals surface area contributed by atoms with Crippen LogP contribution in [0.2, 0.25) is 0 Å². The lowest BCUT2D eigenvalue weighted by molar-refractivity contribution is -0.117. The molecule has 0 aliphatic heterocycles. The van der Waals surface area contributed by atoms with E-state index in [2.05, 4.69) is 10.1 Å². The fourth-order valence-electron chi connectivity index (χ4n) is 2.88. The molecule has 1 amide bonds. The normalized spacial score (nSPS) is 11.3. The average Bonchev–Trinajstić information content (AvgIpc) is 2.72. The number of amides is 1. The zero-order valence-corrected chi connectivity index (χ0v) is 15.1. The highest BCUT2D eigenvalue weighted by Gasteiger charge is 2.23. The van der Waals surface area contributed by atoms with E-state index in [1.54, 1.807) is 0 Å². The maximum atomic E-state index is 12.2. The van der Waals surface area contributed by atoms with Crippen molar-refractivity contribution in [2.24, 2.45) is 0 Å². The number of carbonyl (C=O) groups is 2. The van der Waals surface area contributed by atoms with E-state index in [1.165, 1.54) is 0 Å². The first kappa shape index (κ1) is 19.0. The molecule has 0 aliphatic rings. The fraction of sp³-hybridized carbons (Fsp3) is 0.136. The van der Waals surface area contributed by atoms with Crippen LogP contribution in [0, 0.1) is 0 Å². The molecule has 140 valence electrons. The van der Waals surface area contributed by atoms with Crippen LogP contribution in [0.5, 0.6) is 0 Å². The summed E-state index contributed by atoms with van der Waals surface area (Å²) in [7, 11) is 0. The molecule has 0 saturated carbocycles. The summed E-state index contributed by atoms with van der Waals surface area (Å²) in [6, 6.07) is 22.0. The summed E-state index contributed by atoms with van der Waals surface area (Å²) in [5.41, 5.74) is 10.4. The van der Waals surface area contributed by atoms with Crippen molar-refractivity contribution in [1.29, 1.82) is 0 Å². The molecule has 0 spiro atoms. The molecule has 28 heavy (non-hydrogen) atoms. The Kier molecular flexibility index (Phi) is 6.29. The Hall–Kier alpha value is -3.76. The molecule has 0 heterocycles. The van der Waals surface area contributed by atoms with Gasteiger partial charge in [-0.3, -0.25) is 4.79 Å². The van der Waals surface area contributed by atoms with E-state index in [-0.39, 0.29) is 13.0 Å². The van der Waals surface area contributed by atoms with Gasteiger partial charge in [-0.15, -0.1) is 0 Å². The molecule has 3 aromatic carbocycles. The number of ether oxygens (including phenoxy) is 1. The predicted octanol–water partition coefficient (Wildman–Crippen LogP) is 3.55. The molecule has 0 unspecified atom stereocenters. The van der Waals surface area contributed by atoms with Crippen LogP contribution in [-0.4, -0.2) is 28.9 Å². The first-order chi connectivity index (χ1) is 13.7. The first-order valence-electron chi connectivity index (χ1n) is 8.82. The van der Waals surface area contributed by atoms with E-state index in [0.29, 0.717) is 0 Å². The third kappa shape index (κ3) is 5.13. The number of rotatable bonds is 7. The highest BCUT2D eigenvalue weighted by molar-refractivity contribution is 6.28. The maximum Gasteiger partial charge on any atom is 0.408 e. The number of carbonyl (C=O) groups excluding carboxylic acids is 2. The minimum atomic E-state index is -0.902. The van der Waals surface area contributed by atoms with E-state index in [4.69, 9.17) is 10.3 Å². The van der Waals surface area contributed by atoms with Gasteiger partial charge in [0.2, 0.25) is 0 Å². The lowest BCUT2D eigenvalue weighted by Gasteiger charge is -2.15. The molecule has 6 nitrogen and oxygen atoms in total. The average molecular weight is 373 g/mol. The second-order valence-corrected chi connectivity index (χ2v) is 6.29. The number of ketones is 1. The van der Waals surface area contributed by atoms with Crippen LogP contribution in [-0.2, 0) is 22.6 Å². The number of hydrogen-bond donors (Lipinski definition) is 1. The molecular weight excluding hydrogens is 354 g/mol. The summed E-state index contributed by atoms with van der Waals surface area (Å²) < 4.78 is 5.19. The summed E-state index contributed by atoms with van der Waals surface area (Å²) in [4.78, 5) is 27.2.